The van der Waals surface area contributed by atoms with Crippen molar-refractivity contribution in [2.45, 2.75) is 74.1 Å². The average Bonchev–Trinajstić information content (AvgIpc) is 3.61. The van der Waals surface area contributed by atoms with E-state index in [4.69, 9.17) is 9.47 Å². The molecule has 7 rings (SSSR count). The van der Waals surface area contributed by atoms with Crippen molar-refractivity contribution in [3.8, 4) is 17.2 Å². The molecule has 2 bridgehead atoms. The van der Waals surface area contributed by atoms with Gasteiger partial charge in [0.2, 0.25) is 5.91 Å². The summed E-state index contributed by atoms with van der Waals surface area (Å²) in [6.45, 7) is 1.96. The Kier molecular flexibility index (Phi) is 4.90. The molecule has 2 aliphatic heterocycles. The number of methoxy groups -OCH3 is 1. The summed E-state index contributed by atoms with van der Waals surface area (Å²) in [5, 5.41) is 26.5. The number of phenolic OH excluding ortho intramolecular Hbond substituents is 1. The minimum atomic E-state index is -0.940. The molecule has 36 heavy (non-hydrogen) atoms. The number of hydrogen-bond donors (Lipinski definition) is 3. The summed E-state index contributed by atoms with van der Waals surface area (Å²) in [6, 6.07) is 11.1. The minimum absolute atomic E-state index is 0.0365. The fourth-order valence-corrected chi connectivity index (χ4v) is 7.85. The van der Waals surface area contributed by atoms with Crippen LogP contribution in [0.5, 0.6) is 17.2 Å². The number of aromatic hydroxyl groups is 1. The highest BCUT2D eigenvalue weighted by molar-refractivity contribution is 5.79. The van der Waals surface area contributed by atoms with E-state index in [2.05, 4.69) is 10.2 Å². The van der Waals surface area contributed by atoms with E-state index in [1.807, 2.05) is 30.3 Å². The number of piperidine rings is 1. The highest BCUT2D eigenvalue weighted by atomic mass is 16.5. The molecule has 5 aliphatic rings. The number of aliphatic hydroxyl groups is 1. The molecule has 0 aromatic heterocycles. The van der Waals surface area contributed by atoms with Crippen LogP contribution in [0.1, 0.15) is 48.8 Å². The smallest absolute Gasteiger partial charge is 0.224 e. The number of nitrogens with one attached hydrogen (secondary N) is 1. The lowest BCUT2D eigenvalue weighted by molar-refractivity contribution is -0.192. The summed E-state index contributed by atoms with van der Waals surface area (Å²) >= 11 is 0. The van der Waals surface area contributed by atoms with Gasteiger partial charge >= 0.3 is 0 Å². The SMILES string of the molecule is COc1cccc(CC(=O)N[C@@H]2CC[C@@]3(O)[C@H]4Cc5ccc(O)c6c5[C@@]3(CCN4CC3CC3)[C@H]2O6)c1. The van der Waals surface area contributed by atoms with Crippen LogP contribution in [0.3, 0.4) is 0 Å². The van der Waals surface area contributed by atoms with Gasteiger partial charge in [0, 0.05) is 18.2 Å². The fourth-order valence-electron chi connectivity index (χ4n) is 7.85. The second-order valence-corrected chi connectivity index (χ2v) is 11.5. The van der Waals surface area contributed by atoms with Crippen LogP contribution in [0, 0.1) is 5.92 Å². The van der Waals surface area contributed by atoms with Crippen molar-refractivity contribution in [2.24, 2.45) is 5.92 Å². The second kappa shape index (κ2) is 7.86. The number of ether oxygens (including phenoxy) is 2. The van der Waals surface area contributed by atoms with E-state index in [0.29, 0.717) is 18.6 Å². The molecule has 0 radical (unpaired) electrons. The van der Waals surface area contributed by atoms with Crippen molar-refractivity contribution in [3.63, 3.8) is 0 Å². The van der Waals surface area contributed by atoms with Crippen LogP contribution in [-0.4, -0.2) is 65.0 Å². The number of phenols is 1. The Bertz CT molecular complexity index is 1230. The molecule has 3 aliphatic carbocycles. The summed E-state index contributed by atoms with van der Waals surface area (Å²) in [7, 11) is 1.62. The van der Waals surface area contributed by atoms with Gasteiger partial charge in [-0.2, -0.15) is 0 Å². The Labute approximate surface area is 211 Å². The largest absolute Gasteiger partial charge is 0.504 e. The Morgan fingerprint density at radius 1 is 1.22 bits per heavy atom. The zero-order valence-electron chi connectivity index (χ0n) is 20.7. The first-order valence-corrected chi connectivity index (χ1v) is 13.3. The third-order valence-corrected chi connectivity index (χ3v) is 9.61. The number of carbonyl (C=O) groups excluding carboxylic acids is 1. The molecule has 0 unspecified atom stereocenters. The van der Waals surface area contributed by atoms with Gasteiger partial charge in [0.15, 0.2) is 11.5 Å². The summed E-state index contributed by atoms with van der Waals surface area (Å²) in [5.41, 5.74) is 1.49. The van der Waals surface area contributed by atoms with E-state index in [-0.39, 0.29) is 30.2 Å². The van der Waals surface area contributed by atoms with E-state index in [1.54, 1.807) is 13.2 Å². The molecule has 5 atom stereocenters. The molecule has 1 spiro atoms. The van der Waals surface area contributed by atoms with Crippen molar-refractivity contribution in [1.29, 1.82) is 0 Å². The van der Waals surface area contributed by atoms with Crippen LogP contribution >= 0.6 is 0 Å². The first-order chi connectivity index (χ1) is 17.4. The first-order valence-electron chi connectivity index (χ1n) is 13.3. The maximum absolute atomic E-state index is 13.2. The van der Waals surface area contributed by atoms with Gasteiger partial charge in [-0.05, 0) is 80.3 Å². The van der Waals surface area contributed by atoms with E-state index in [1.165, 1.54) is 18.4 Å². The number of hydrogen-bond acceptors (Lipinski definition) is 6. The molecule has 2 saturated carbocycles. The summed E-state index contributed by atoms with van der Waals surface area (Å²) in [6.07, 6.45) is 5.21. The fraction of sp³-hybridized carbons (Fsp3) is 0.552. The first kappa shape index (κ1) is 22.4. The van der Waals surface area contributed by atoms with Gasteiger partial charge in [-0.15, -0.1) is 0 Å². The van der Waals surface area contributed by atoms with Crippen LogP contribution in [0.4, 0.5) is 0 Å². The van der Waals surface area contributed by atoms with Crippen LogP contribution < -0.4 is 14.8 Å². The molecule has 2 heterocycles. The standard InChI is InChI=1S/C29H34N2O5/c1-35-20-4-2-3-18(13-20)14-24(33)30-21-9-10-29(34)23-15-19-7-8-22(32)26-25(19)28(29,27(21)36-26)11-12-31(23)16-17-5-6-17/h2-4,7-8,13,17,21,23,27,32,34H,5-6,9-12,14-16H2,1H3,(H,30,33)/t21-,23-,27+,28+,29-/m1/s1. The predicted molar refractivity (Wildman–Crippen MR) is 133 cm³/mol. The molecule has 7 nitrogen and oxygen atoms in total. The molecule has 1 amide bonds. The number of carbonyl (C=O) groups is 1. The lowest BCUT2D eigenvalue weighted by atomic mass is 9.48. The molecule has 3 fully saturated rings. The number of rotatable bonds is 6. The number of nitrogens with zero attached hydrogens (tertiary/aromatic N) is 1. The van der Waals surface area contributed by atoms with Crippen LogP contribution in [0.15, 0.2) is 36.4 Å². The Hall–Kier alpha value is -2.77. The Balaban J connectivity index is 1.22. The molecule has 1 saturated heterocycles. The van der Waals surface area contributed by atoms with E-state index in [9.17, 15) is 15.0 Å². The third kappa shape index (κ3) is 3.08. The van der Waals surface area contributed by atoms with Crippen LogP contribution in [-0.2, 0) is 23.1 Å². The third-order valence-electron chi connectivity index (χ3n) is 9.61. The Morgan fingerprint density at radius 3 is 2.89 bits per heavy atom. The molecule has 7 heteroatoms. The zero-order chi connectivity index (χ0) is 24.7. The van der Waals surface area contributed by atoms with Gasteiger partial charge in [0.25, 0.3) is 0 Å². The van der Waals surface area contributed by atoms with Gasteiger partial charge in [-0.1, -0.05) is 18.2 Å². The highest BCUT2D eigenvalue weighted by Crippen LogP contribution is 2.65. The van der Waals surface area contributed by atoms with Gasteiger partial charge in [0.1, 0.15) is 11.9 Å². The molecule has 190 valence electrons. The van der Waals surface area contributed by atoms with Crippen molar-refractivity contribution in [3.05, 3.63) is 53.1 Å². The lowest BCUT2D eigenvalue weighted by Gasteiger charge is -2.64. The van der Waals surface area contributed by atoms with Crippen molar-refractivity contribution >= 4 is 5.91 Å². The number of benzene rings is 2. The predicted octanol–water partition coefficient (Wildman–Crippen LogP) is 2.69. The average molecular weight is 491 g/mol. The van der Waals surface area contributed by atoms with Crippen molar-refractivity contribution in [1.82, 2.24) is 10.2 Å². The van der Waals surface area contributed by atoms with Crippen LogP contribution in [0.2, 0.25) is 0 Å². The Morgan fingerprint density at radius 2 is 2.08 bits per heavy atom. The summed E-state index contributed by atoms with van der Waals surface area (Å²) in [4.78, 5) is 15.7. The van der Waals surface area contributed by atoms with Crippen LogP contribution in [0.25, 0.3) is 0 Å². The lowest BCUT2D eigenvalue weighted by Crippen LogP contribution is -2.78. The normalized spacial score (nSPS) is 34.0. The minimum Gasteiger partial charge on any atom is -0.504 e. The number of likely N-dealkylation sites (tertiary alicyclic amines) is 1. The van der Waals surface area contributed by atoms with Gasteiger partial charge in [-0.25, -0.2) is 0 Å². The second-order valence-electron chi connectivity index (χ2n) is 11.5. The molecular weight excluding hydrogens is 456 g/mol. The van der Waals surface area contributed by atoms with Gasteiger partial charge < -0.3 is 25.0 Å². The topological polar surface area (TPSA) is 91.3 Å². The highest BCUT2D eigenvalue weighted by Gasteiger charge is 2.73. The molecule has 2 aromatic rings. The molecule has 3 N–H and O–H groups in total. The van der Waals surface area contributed by atoms with Crippen molar-refractivity contribution in [2.75, 3.05) is 20.2 Å². The summed E-state index contributed by atoms with van der Waals surface area (Å²) in [5.74, 6) is 2.05. The molecular formula is C29H34N2O5. The maximum Gasteiger partial charge on any atom is 0.224 e. The molecule has 2 aromatic carbocycles. The quantitative estimate of drug-likeness (QED) is 0.577. The summed E-state index contributed by atoms with van der Waals surface area (Å²) < 4.78 is 11.8. The maximum atomic E-state index is 13.2. The number of amides is 1. The van der Waals surface area contributed by atoms with E-state index < -0.39 is 17.1 Å². The van der Waals surface area contributed by atoms with Gasteiger partial charge in [0.05, 0.1) is 30.6 Å². The zero-order valence-corrected chi connectivity index (χ0v) is 20.7. The monoisotopic (exact) mass is 490 g/mol. The van der Waals surface area contributed by atoms with Crippen molar-refractivity contribution < 1.29 is 24.5 Å². The van der Waals surface area contributed by atoms with Gasteiger partial charge in [-0.3, -0.25) is 9.69 Å². The van der Waals surface area contributed by atoms with E-state index in [0.717, 1.165) is 48.7 Å². The van der Waals surface area contributed by atoms with E-state index >= 15 is 0 Å².